The Morgan fingerprint density at radius 3 is 2.69 bits per heavy atom. The second-order valence-electron chi connectivity index (χ2n) is 9.58. The van der Waals surface area contributed by atoms with Crippen LogP contribution < -0.4 is 10.2 Å². The lowest BCUT2D eigenvalue weighted by Gasteiger charge is -2.36. The molecule has 1 saturated carbocycles. The van der Waals surface area contributed by atoms with E-state index >= 15 is 0 Å². The second-order valence-corrected chi connectivity index (χ2v) is 9.58. The predicted molar refractivity (Wildman–Crippen MR) is 133 cm³/mol. The van der Waals surface area contributed by atoms with Crippen LogP contribution in [0.15, 0.2) is 47.9 Å². The van der Waals surface area contributed by atoms with Crippen LogP contribution in [0.1, 0.15) is 47.4 Å². The van der Waals surface area contributed by atoms with E-state index in [1.54, 1.807) is 11.2 Å². The molecule has 10 heteroatoms. The molecule has 10 nitrogen and oxygen atoms in total. The van der Waals surface area contributed by atoms with E-state index in [1.165, 1.54) is 6.08 Å². The van der Waals surface area contributed by atoms with E-state index in [4.69, 9.17) is 4.52 Å². The molecule has 186 valence electrons. The van der Waals surface area contributed by atoms with Gasteiger partial charge in [0.25, 0.3) is 0 Å². The van der Waals surface area contributed by atoms with E-state index in [1.807, 2.05) is 25.3 Å². The van der Waals surface area contributed by atoms with Crippen LogP contribution in [-0.2, 0) is 16.8 Å². The number of amides is 2. The third-order valence-electron chi connectivity index (χ3n) is 7.02. The highest BCUT2D eigenvalue weighted by Gasteiger charge is 2.44. The standard InChI is InChI=1S/C26H29N7O3/c1-4-21(34)33-11-9-32(10-12-33)20-15-27-16-29-22(20)18-5-6-19(17(2)13-18)14-28-23(35)24-30-25(31-36-24)26(3)7-8-26/h4-6,13,15-16H,1,7-12,14H2,2-3H3,(H,28,35). The van der Waals surface area contributed by atoms with Crippen molar-refractivity contribution in [3.63, 3.8) is 0 Å². The Morgan fingerprint density at radius 1 is 1.22 bits per heavy atom. The summed E-state index contributed by atoms with van der Waals surface area (Å²) in [7, 11) is 0. The quantitative estimate of drug-likeness (QED) is 0.506. The average molecular weight is 488 g/mol. The van der Waals surface area contributed by atoms with Crippen LogP contribution >= 0.6 is 0 Å². The first-order chi connectivity index (χ1) is 17.4. The first-order valence-electron chi connectivity index (χ1n) is 12.1. The average Bonchev–Trinajstić information content (AvgIpc) is 3.45. The van der Waals surface area contributed by atoms with Gasteiger partial charge in [-0.25, -0.2) is 9.97 Å². The number of nitrogens with one attached hydrogen (secondary N) is 1. The van der Waals surface area contributed by atoms with Gasteiger partial charge in [0.05, 0.1) is 17.6 Å². The van der Waals surface area contributed by atoms with Gasteiger partial charge in [0.2, 0.25) is 5.91 Å². The Labute approximate surface area is 209 Å². The molecule has 0 bridgehead atoms. The molecule has 0 atom stereocenters. The highest BCUT2D eigenvalue weighted by Crippen LogP contribution is 2.45. The summed E-state index contributed by atoms with van der Waals surface area (Å²) in [5.74, 6) is 0.165. The number of nitrogens with zero attached hydrogens (tertiary/aromatic N) is 6. The lowest BCUT2D eigenvalue weighted by atomic mass is 10.0. The third kappa shape index (κ3) is 4.71. The summed E-state index contributed by atoms with van der Waals surface area (Å²) in [6.45, 7) is 10.6. The monoisotopic (exact) mass is 487 g/mol. The molecule has 1 N–H and O–H groups in total. The van der Waals surface area contributed by atoms with E-state index in [-0.39, 0.29) is 23.1 Å². The minimum atomic E-state index is -0.381. The van der Waals surface area contributed by atoms with Crippen molar-refractivity contribution in [3.05, 3.63) is 66.2 Å². The number of aryl methyl sites for hydroxylation is 1. The molecule has 0 radical (unpaired) electrons. The third-order valence-corrected chi connectivity index (χ3v) is 7.02. The van der Waals surface area contributed by atoms with E-state index in [9.17, 15) is 9.59 Å². The smallest absolute Gasteiger partial charge is 0.315 e. The summed E-state index contributed by atoms with van der Waals surface area (Å²) < 4.78 is 5.17. The zero-order valence-electron chi connectivity index (χ0n) is 20.5. The Kier molecular flexibility index (Phi) is 6.26. The zero-order valence-corrected chi connectivity index (χ0v) is 20.5. The lowest BCUT2D eigenvalue weighted by Crippen LogP contribution is -2.48. The molecule has 5 rings (SSSR count). The molecular formula is C26H29N7O3. The van der Waals surface area contributed by atoms with Crippen molar-refractivity contribution in [3.8, 4) is 11.3 Å². The lowest BCUT2D eigenvalue weighted by molar-refractivity contribution is -0.126. The van der Waals surface area contributed by atoms with Gasteiger partial charge >= 0.3 is 11.8 Å². The molecule has 1 saturated heterocycles. The highest BCUT2D eigenvalue weighted by atomic mass is 16.5. The number of hydrogen-bond donors (Lipinski definition) is 1. The van der Waals surface area contributed by atoms with Gasteiger partial charge in [0, 0.05) is 43.7 Å². The van der Waals surface area contributed by atoms with Crippen LogP contribution in [0, 0.1) is 6.92 Å². The predicted octanol–water partition coefficient (Wildman–Crippen LogP) is 2.65. The van der Waals surface area contributed by atoms with Crippen LogP contribution in [-0.4, -0.2) is 63.0 Å². The Bertz CT molecular complexity index is 1310. The van der Waals surface area contributed by atoms with Gasteiger partial charge in [-0.3, -0.25) is 9.59 Å². The van der Waals surface area contributed by atoms with Crippen LogP contribution in [0.25, 0.3) is 11.3 Å². The Morgan fingerprint density at radius 2 is 2.00 bits per heavy atom. The molecule has 0 spiro atoms. The highest BCUT2D eigenvalue weighted by molar-refractivity contribution is 5.89. The fourth-order valence-corrected chi connectivity index (χ4v) is 4.34. The van der Waals surface area contributed by atoms with Gasteiger partial charge in [0.1, 0.15) is 6.33 Å². The van der Waals surface area contributed by atoms with Crippen molar-refractivity contribution in [1.82, 2.24) is 30.3 Å². The normalized spacial score (nSPS) is 16.5. The van der Waals surface area contributed by atoms with Gasteiger partial charge in [-0.05, 0) is 43.0 Å². The zero-order chi connectivity index (χ0) is 25.3. The number of carbonyl (C=O) groups is 2. The minimum absolute atomic E-state index is 0.00656. The van der Waals surface area contributed by atoms with E-state index in [0.717, 1.165) is 40.9 Å². The van der Waals surface area contributed by atoms with Crippen molar-refractivity contribution in [2.45, 2.75) is 38.6 Å². The molecule has 3 heterocycles. The first-order valence-corrected chi connectivity index (χ1v) is 12.1. The van der Waals surface area contributed by atoms with Gasteiger partial charge in [-0.15, -0.1) is 0 Å². The summed E-state index contributed by atoms with van der Waals surface area (Å²) in [6, 6.07) is 6.04. The van der Waals surface area contributed by atoms with Crippen molar-refractivity contribution in [1.29, 1.82) is 0 Å². The Balaban J connectivity index is 1.26. The summed E-state index contributed by atoms with van der Waals surface area (Å²) >= 11 is 0. The van der Waals surface area contributed by atoms with E-state index in [0.29, 0.717) is 38.5 Å². The molecule has 3 aromatic rings. The molecule has 0 unspecified atom stereocenters. The van der Waals surface area contributed by atoms with E-state index in [2.05, 4.69) is 49.9 Å². The number of benzene rings is 1. The molecule has 2 amide bonds. The van der Waals surface area contributed by atoms with Gasteiger partial charge in [-0.1, -0.05) is 30.8 Å². The fraction of sp³-hybridized carbons (Fsp3) is 0.385. The fourth-order valence-electron chi connectivity index (χ4n) is 4.34. The molecule has 1 aromatic carbocycles. The van der Waals surface area contributed by atoms with Crippen LogP contribution in [0.5, 0.6) is 0 Å². The topological polar surface area (TPSA) is 117 Å². The van der Waals surface area contributed by atoms with E-state index < -0.39 is 0 Å². The largest absolute Gasteiger partial charge is 0.365 e. The van der Waals surface area contributed by atoms with Crippen molar-refractivity contribution >= 4 is 17.5 Å². The van der Waals surface area contributed by atoms with Crippen molar-refractivity contribution < 1.29 is 14.1 Å². The second kappa shape index (κ2) is 9.52. The maximum Gasteiger partial charge on any atom is 0.315 e. The van der Waals surface area contributed by atoms with Crippen LogP contribution in [0.3, 0.4) is 0 Å². The van der Waals surface area contributed by atoms with Gasteiger partial charge < -0.3 is 19.6 Å². The molecule has 1 aliphatic carbocycles. The van der Waals surface area contributed by atoms with Crippen molar-refractivity contribution in [2.75, 3.05) is 31.1 Å². The minimum Gasteiger partial charge on any atom is -0.365 e. The van der Waals surface area contributed by atoms with Crippen LogP contribution in [0.2, 0.25) is 0 Å². The maximum absolute atomic E-state index is 12.5. The molecular weight excluding hydrogens is 458 g/mol. The summed E-state index contributed by atoms with van der Waals surface area (Å²) in [5, 5.41) is 6.84. The van der Waals surface area contributed by atoms with Crippen LogP contribution in [0.4, 0.5) is 5.69 Å². The summed E-state index contributed by atoms with van der Waals surface area (Å²) in [6.07, 6.45) is 6.74. The summed E-state index contributed by atoms with van der Waals surface area (Å²) in [4.78, 5) is 41.5. The molecule has 1 aliphatic heterocycles. The molecule has 2 aliphatic rings. The molecule has 2 fully saturated rings. The number of aromatic nitrogens is 4. The first kappa shape index (κ1) is 23.7. The van der Waals surface area contributed by atoms with Gasteiger partial charge in [0.15, 0.2) is 5.82 Å². The molecule has 36 heavy (non-hydrogen) atoms. The number of carbonyl (C=O) groups excluding carboxylic acids is 2. The number of hydrogen-bond acceptors (Lipinski definition) is 8. The Hall–Kier alpha value is -4.08. The summed E-state index contributed by atoms with van der Waals surface area (Å²) in [5.41, 5.74) is 4.68. The number of piperazine rings is 1. The maximum atomic E-state index is 12.5. The number of rotatable bonds is 7. The number of anilines is 1. The van der Waals surface area contributed by atoms with Crippen molar-refractivity contribution in [2.24, 2.45) is 0 Å². The molecule has 2 aromatic heterocycles. The SMILES string of the molecule is C=CC(=O)N1CCN(c2cncnc2-c2ccc(CNC(=O)c3nc(C4(C)CC4)no3)c(C)c2)CC1. The van der Waals surface area contributed by atoms with Gasteiger partial charge in [-0.2, -0.15) is 4.98 Å².